The molecule has 0 aromatic heterocycles. The summed E-state index contributed by atoms with van der Waals surface area (Å²) < 4.78 is 40.9. The van der Waals surface area contributed by atoms with E-state index in [1.54, 1.807) is 18.2 Å². The molecule has 0 atom stereocenters. The fraction of sp³-hybridized carbons (Fsp3) is 0.368. The molecule has 24 heavy (non-hydrogen) atoms. The molecule has 0 amide bonds. The molecule has 2 aromatic carbocycles. The van der Waals surface area contributed by atoms with Crippen LogP contribution in [0.2, 0.25) is 0 Å². The Labute approximate surface area is 139 Å². The molecule has 0 unspecified atom stereocenters. The number of nitrogens with two attached hydrogens (primary N) is 1. The van der Waals surface area contributed by atoms with Crippen molar-refractivity contribution in [1.29, 1.82) is 0 Å². The molecule has 2 nitrogen and oxygen atoms in total. The summed E-state index contributed by atoms with van der Waals surface area (Å²) in [6.45, 7) is 2.68. The van der Waals surface area contributed by atoms with Crippen molar-refractivity contribution in [3.63, 3.8) is 0 Å². The number of anilines is 2. The number of aryl methyl sites for hydroxylation is 1. The monoisotopic (exact) mass is 334 g/mol. The smallest absolute Gasteiger partial charge is 0.397 e. The molecule has 1 aliphatic rings. The SMILES string of the molecule is CCc1ccc(-c2ccc(NCC3CC3)c(N)c2C(F)(F)F)cc1. The summed E-state index contributed by atoms with van der Waals surface area (Å²) in [6, 6.07) is 10.3. The lowest BCUT2D eigenvalue weighted by atomic mass is 9.95. The number of nitrogen functional groups attached to an aromatic ring is 1. The zero-order valence-electron chi connectivity index (χ0n) is 13.6. The van der Waals surface area contributed by atoms with Crippen LogP contribution in [-0.2, 0) is 12.6 Å². The van der Waals surface area contributed by atoms with E-state index in [1.165, 1.54) is 6.07 Å². The number of rotatable bonds is 5. The van der Waals surface area contributed by atoms with Gasteiger partial charge in [0.1, 0.15) is 0 Å². The van der Waals surface area contributed by atoms with E-state index < -0.39 is 11.7 Å². The Hall–Kier alpha value is -2.17. The van der Waals surface area contributed by atoms with Gasteiger partial charge in [0, 0.05) is 6.54 Å². The summed E-state index contributed by atoms with van der Waals surface area (Å²) in [6.07, 6.45) is -1.40. The van der Waals surface area contributed by atoms with E-state index in [0.29, 0.717) is 23.7 Å². The second-order valence-corrected chi connectivity index (χ2v) is 6.32. The van der Waals surface area contributed by atoms with Crippen molar-refractivity contribution in [3.8, 4) is 11.1 Å². The quantitative estimate of drug-likeness (QED) is 0.724. The zero-order valence-corrected chi connectivity index (χ0v) is 13.6. The number of benzene rings is 2. The van der Waals surface area contributed by atoms with Gasteiger partial charge in [-0.15, -0.1) is 0 Å². The third-order valence-electron chi connectivity index (χ3n) is 4.48. The molecule has 3 N–H and O–H groups in total. The van der Waals surface area contributed by atoms with Crippen LogP contribution in [0, 0.1) is 5.92 Å². The minimum Gasteiger partial charge on any atom is -0.397 e. The van der Waals surface area contributed by atoms with Gasteiger partial charge in [-0.3, -0.25) is 0 Å². The highest BCUT2D eigenvalue weighted by Gasteiger charge is 2.37. The molecule has 2 aromatic rings. The Morgan fingerprint density at radius 2 is 1.75 bits per heavy atom. The standard InChI is InChI=1S/C19H21F3N2/c1-2-12-5-7-14(8-6-12)15-9-10-16(24-11-13-3-4-13)18(23)17(15)19(20,21)22/h5-10,13,24H,2-4,11,23H2,1H3. The summed E-state index contributed by atoms with van der Waals surface area (Å²) in [5.74, 6) is 0.556. The van der Waals surface area contributed by atoms with Crippen LogP contribution in [0.4, 0.5) is 24.5 Å². The number of alkyl halides is 3. The van der Waals surface area contributed by atoms with Crippen molar-refractivity contribution in [1.82, 2.24) is 0 Å². The summed E-state index contributed by atoms with van der Waals surface area (Å²) in [5.41, 5.74) is 7.01. The second-order valence-electron chi connectivity index (χ2n) is 6.32. The van der Waals surface area contributed by atoms with Gasteiger partial charge >= 0.3 is 6.18 Å². The molecule has 0 spiro atoms. The molecule has 1 fully saturated rings. The van der Waals surface area contributed by atoms with Crippen LogP contribution in [0.15, 0.2) is 36.4 Å². The highest BCUT2D eigenvalue weighted by molar-refractivity contribution is 5.82. The van der Waals surface area contributed by atoms with E-state index in [9.17, 15) is 13.2 Å². The van der Waals surface area contributed by atoms with Crippen LogP contribution in [0.5, 0.6) is 0 Å². The van der Waals surface area contributed by atoms with E-state index in [2.05, 4.69) is 5.32 Å². The highest BCUT2D eigenvalue weighted by atomic mass is 19.4. The Kier molecular flexibility index (Phi) is 4.43. The Balaban J connectivity index is 2.02. The van der Waals surface area contributed by atoms with Crippen molar-refractivity contribution in [2.75, 3.05) is 17.6 Å². The molecular formula is C19H21F3N2. The predicted molar refractivity (Wildman–Crippen MR) is 91.9 cm³/mol. The maximum atomic E-state index is 13.6. The zero-order chi connectivity index (χ0) is 17.3. The summed E-state index contributed by atoms with van der Waals surface area (Å²) in [7, 11) is 0. The lowest BCUT2D eigenvalue weighted by molar-refractivity contribution is -0.136. The number of hydrogen-bond acceptors (Lipinski definition) is 2. The van der Waals surface area contributed by atoms with Crippen molar-refractivity contribution in [2.45, 2.75) is 32.4 Å². The highest BCUT2D eigenvalue weighted by Crippen LogP contribution is 2.44. The first kappa shape index (κ1) is 16.7. The van der Waals surface area contributed by atoms with Gasteiger partial charge in [-0.05, 0) is 47.9 Å². The van der Waals surface area contributed by atoms with Gasteiger partial charge in [0.25, 0.3) is 0 Å². The van der Waals surface area contributed by atoms with Crippen molar-refractivity contribution < 1.29 is 13.2 Å². The minimum absolute atomic E-state index is 0.125. The van der Waals surface area contributed by atoms with Crippen molar-refractivity contribution >= 4 is 11.4 Å². The summed E-state index contributed by atoms with van der Waals surface area (Å²) >= 11 is 0. The third kappa shape index (κ3) is 3.50. The summed E-state index contributed by atoms with van der Waals surface area (Å²) in [5, 5.41) is 3.06. The van der Waals surface area contributed by atoms with Gasteiger partial charge < -0.3 is 11.1 Å². The molecule has 0 saturated heterocycles. The number of nitrogens with one attached hydrogen (secondary N) is 1. The van der Waals surface area contributed by atoms with Crippen LogP contribution >= 0.6 is 0 Å². The first-order chi connectivity index (χ1) is 11.4. The average molecular weight is 334 g/mol. The molecular weight excluding hydrogens is 313 g/mol. The van der Waals surface area contributed by atoms with Gasteiger partial charge in [0.2, 0.25) is 0 Å². The molecule has 0 radical (unpaired) electrons. The Bertz CT molecular complexity index is 717. The molecule has 5 heteroatoms. The van der Waals surface area contributed by atoms with E-state index in [4.69, 9.17) is 5.73 Å². The molecule has 3 rings (SSSR count). The molecule has 0 bridgehead atoms. The summed E-state index contributed by atoms with van der Waals surface area (Å²) in [4.78, 5) is 0. The molecule has 0 aliphatic heterocycles. The maximum absolute atomic E-state index is 13.6. The van der Waals surface area contributed by atoms with Crippen LogP contribution in [0.25, 0.3) is 11.1 Å². The fourth-order valence-corrected chi connectivity index (χ4v) is 2.82. The van der Waals surface area contributed by atoms with E-state index in [0.717, 1.165) is 24.8 Å². The fourth-order valence-electron chi connectivity index (χ4n) is 2.82. The van der Waals surface area contributed by atoms with Gasteiger partial charge in [0.05, 0.1) is 16.9 Å². The Morgan fingerprint density at radius 3 is 2.29 bits per heavy atom. The number of halogens is 3. The van der Waals surface area contributed by atoms with Gasteiger partial charge in [-0.2, -0.15) is 13.2 Å². The molecule has 1 saturated carbocycles. The van der Waals surface area contributed by atoms with E-state index in [1.807, 2.05) is 19.1 Å². The van der Waals surface area contributed by atoms with Crippen LogP contribution in [-0.4, -0.2) is 6.54 Å². The van der Waals surface area contributed by atoms with Gasteiger partial charge in [-0.25, -0.2) is 0 Å². The van der Waals surface area contributed by atoms with Crippen LogP contribution < -0.4 is 11.1 Å². The molecule has 1 aliphatic carbocycles. The van der Waals surface area contributed by atoms with Gasteiger partial charge in [0.15, 0.2) is 0 Å². The van der Waals surface area contributed by atoms with Crippen LogP contribution in [0.3, 0.4) is 0 Å². The largest absolute Gasteiger partial charge is 0.419 e. The normalized spacial score (nSPS) is 14.7. The Morgan fingerprint density at radius 1 is 1.08 bits per heavy atom. The molecule has 0 heterocycles. The van der Waals surface area contributed by atoms with Crippen molar-refractivity contribution in [3.05, 3.63) is 47.5 Å². The van der Waals surface area contributed by atoms with Crippen LogP contribution in [0.1, 0.15) is 30.9 Å². The first-order valence-corrected chi connectivity index (χ1v) is 8.23. The van der Waals surface area contributed by atoms with E-state index in [-0.39, 0.29) is 11.3 Å². The predicted octanol–water partition coefficient (Wildman–Crippen LogP) is 5.34. The van der Waals surface area contributed by atoms with Crippen molar-refractivity contribution in [2.24, 2.45) is 5.92 Å². The second kappa shape index (κ2) is 6.38. The first-order valence-electron chi connectivity index (χ1n) is 8.23. The lowest BCUT2D eigenvalue weighted by Crippen LogP contribution is -2.14. The molecule has 128 valence electrons. The topological polar surface area (TPSA) is 38.0 Å². The van der Waals surface area contributed by atoms with Gasteiger partial charge in [-0.1, -0.05) is 37.3 Å². The lowest BCUT2D eigenvalue weighted by Gasteiger charge is -2.19. The maximum Gasteiger partial charge on any atom is 0.419 e. The minimum atomic E-state index is -4.50. The van der Waals surface area contributed by atoms with E-state index >= 15 is 0 Å². The average Bonchev–Trinajstić information content (AvgIpc) is 3.36. The number of hydrogen-bond donors (Lipinski definition) is 2. The third-order valence-corrected chi connectivity index (χ3v) is 4.48.